The summed E-state index contributed by atoms with van der Waals surface area (Å²) in [6.45, 7) is 2.88. The van der Waals surface area contributed by atoms with E-state index in [1.807, 2.05) is 25.1 Å². The van der Waals surface area contributed by atoms with Gasteiger partial charge in [0.05, 0.1) is 5.75 Å². The third kappa shape index (κ3) is 2.34. The molecular weight excluding hydrogens is 296 g/mol. The number of aromatic nitrogens is 1. The average Bonchev–Trinajstić information content (AvgIpc) is 2.76. The standard InChI is InChI=1S/C14H17ClN2O2S/c1-2-7-20(18,19)17-6-5-14-12(9-17)11-8-10(15)3-4-13(11)16-14/h3-4,8,16H,2,5-7,9H2,1H3. The van der Waals surface area contributed by atoms with Crippen molar-refractivity contribution in [2.75, 3.05) is 12.3 Å². The largest absolute Gasteiger partial charge is 0.358 e. The zero-order chi connectivity index (χ0) is 14.3. The van der Waals surface area contributed by atoms with Crippen LogP contribution in [0.4, 0.5) is 0 Å². The molecule has 2 heterocycles. The summed E-state index contributed by atoms with van der Waals surface area (Å²) in [6.07, 6.45) is 1.37. The highest BCUT2D eigenvalue weighted by atomic mass is 35.5. The van der Waals surface area contributed by atoms with E-state index in [1.165, 1.54) is 0 Å². The summed E-state index contributed by atoms with van der Waals surface area (Å²) in [4.78, 5) is 3.37. The number of fused-ring (bicyclic) bond motifs is 3. The van der Waals surface area contributed by atoms with Gasteiger partial charge in [-0.1, -0.05) is 18.5 Å². The van der Waals surface area contributed by atoms with Gasteiger partial charge in [-0.15, -0.1) is 0 Å². The third-order valence-corrected chi connectivity index (χ3v) is 6.02. The molecule has 6 heteroatoms. The minimum Gasteiger partial charge on any atom is -0.358 e. The van der Waals surface area contributed by atoms with Gasteiger partial charge in [0.2, 0.25) is 10.0 Å². The lowest BCUT2D eigenvalue weighted by Crippen LogP contribution is -2.37. The topological polar surface area (TPSA) is 53.2 Å². The first kappa shape index (κ1) is 13.9. The number of nitrogens with zero attached hydrogens (tertiary/aromatic N) is 1. The Morgan fingerprint density at radius 1 is 1.40 bits per heavy atom. The fourth-order valence-electron chi connectivity index (χ4n) is 2.79. The monoisotopic (exact) mass is 312 g/mol. The van der Waals surface area contributed by atoms with Crippen LogP contribution in [0.2, 0.25) is 5.02 Å². The minimum atomic E-state index is -3.15. The summed E-state index contributed by atoms with van der Waals surface area (Å²) >= 11 is 6.05. The van der Waals surface area contributed by atoms with Crippen LogP contribution in [0.1, 0.15) is 24.6 Å². The first-order chi connectivity index (χ1) is 9.51. The van der Waals surface area contributed by atoms with Crippen molar-refractivity contribution in [1.29, 1.82) is 0 Å². The van der Waals surface area contributed by atoms with Crippen LogP contribution in [0.15, 0.2) is 18.2 Å². The molecule has 0 saturated carbocycles. The number of halogens is 1. The van der Waals surface area contributed by atoms with E-state index >= 15 is 0 Å². The number of hydrogen-bond donors (Lipinski definition) is 1. The Bertz CT molecular complexity index is 752. The Balaban J connectivity index is 2.02. The van der Waals surface area contributed by atoms with Crippen LogP contribution < -0.4 is 0 Å². The molecule has 0 bridgehead atoms. The zero-order valence-electron chi connectivity index (χ0n) is 11.3. The second kappa shape index (κ2) is 5.06. The molecule has 0 spiro atoms. The number of H-pyrrole nitrogens is 1. The molecule has 0 aliphatic carbocycles. The number of benzene rings is 1. The Hall–Kier alpha value is -1.04. The lowest BCUT2D eigenvalue weighted by molar-refractivity contribution is 0.391. The van der Waals surface area contributed by atoms with Gasteiger partial charge in [-0.2, -0.15) is 4.31 Å². The molecule has 0 radical (unpaired) electrons. The van der Waals surface area contributed by atoms with Crippen molar-refractivity contribution in [2.45, 2.75) is 26.3 Å². The Morgan fingerprint density at radius 2 is 2.20 bits per heavy atom. The Labute approximate surface area is 123 Å². The number of hydrogen-bond acceptors (Lipinski definition) is 2. The minimum absolute atomic E-state index is 0.214. The summed E-state index contributed by atoms with van der Waals surface area (Å²) in [7, 11) is -3.15. The van der Waals surface area contributed by atoms with Gasteiger partial charge in [0, 0.05) is 41.1 Å². The Kier molecular flexibility index (Phi) is 3.52. The number of nitrogens with one attached hydrogen (secondary N) is 1. The molecule has 4 nitrogen and oxygen atoms in total. The second-order valence-electron chi connectivity index (χ2n) is 5.17. The van der Waals surface area contributed by atoms with Crippen LogP contribution in [0.25, 0.3) is 10.9 Å². The molecule has 0 fully saturated rings. The summed E-state index contributed by atoms with van der Waals surface area (Å²) in [6, 6.07) is 5.69. The van der Waals surface area contributed by atoms with Crippen molar-refractivity contribution < 1.29 is 8.42 Å². The van der Waals surface area contributed by atoms with E-state index in [-0.39, 0.29) is 5.75 Å². The zero-order valence-corrected chi connectivity index (χ0v) is 12.9. The number of rotatable bonds is 3. The van der Waals surface area contributed by atoms with Crippen molar-refractivity contribution >= 4 is 32.5 Å². The van der Waals surface area contributed by atoms with E-state index in [9.17, 15) is 8.42 Å². The predicted octanol–water partition coefficient (Wildman–Crippen LogP) is 2.92. The maximum atomic E-state index is 12.2. The molecule has 2 aromatic rings. The third-order valence-electron chi connectivity index (χ3n) is 3.76. The fourth-order valence-corrected chi connectivity index (χ4v) is 4.43. The SMILES string of the molecule is CCCS(=O)(=O)N1CCc2[nH]c3ccc(Cl)cc3c2C1. The molecule has 0 amide bonds. The van der Waals surface area contributed by atoms with E-state index in [4.69, 9.17) is 11.6 Å². The van der Waals surface area contributed by atoms with Crippen LogP contribution in [-0.2, 0) is 23.0 Å². The van der Waals surface area contributed by atoms with Crippen LogP contribution in [0.5, 0.6) is 0 Å². The quantitative estimate of drug-likeness (QED) is 0.947. The molecule has 0 saturated heterocycles. The fraction of sp³-hybridized carbons (Fsp3) is 0.429. The van der Waals surface area contributed by atoms with Crippen LogP contribution in [0.3, 0.4) is 0 Å². The van der Waals surface area contributed by atoms with Crippen molar-refractivity contribution in [3.8, 4) is 0 Å². The number of sulfonamides is 1. The van der Waals surface area contributed by atoms with Gasteiger partial charge in [0.15, 0.2) is 0 Å². The van der Waals surface area contributed by atoms with Gasteiger partial charge >= 0.3 is 0 Å². The molecule has 20 heavy (non-hydrogen) atoms. The van der Waals surface area contributed by atoms with E-state index in [1.54, 1.807) is 4.31 Å². The summed E-state index contributed by atoms with van der Waals surface area (Å²) in [5, 5.41) is 1.71. The molecule has 0 unspecified atom stereocenters. The predicted molar refractivity (Wildman–Crippen MR) is 81.5 cm³/mol. The number of aromatic amines is 1. The normalized spacial score (nSPS) is 16.5. The summed E-state index contributed by atoms with van der Waals surface area (Å²) < 4.78 is 26.0. The van der Waals surface area contributed by atoms with Gasteiger partial charge in [-0.05, 0) is 30.2 Å². The molecule has 1 aliphatic heterocycles. The molecule has 1 aromatic heterocycles. The van der Waals surface area contributed by atoms with Gasteiger partial charge < -0.3 is 4.98 Å². The molecular formula is C14H17ClN2O2S. The van der Waals surface area contributed by atoms with Crippen LogP contribution in [-0.4, -0.2) is 30.0 Å². The highest BCUT2D eigenvalue weighted by Crippen LogP contribution is 2.30. The average molecular weight is 313 g/mol. The smallest absolute Gasteiger partial charge is 0.214 e. The van der Waals surface area contributed by atoms with E-state index in [0.29, 0.717) is 24.5 Å². The van der Waals surface area contributed by atoms with Gasteiger partial charge in [-0.3, -0.25) is 0 Å². The summed E-state index contributed by atoms with van der Waals surface area (Å²) in [5.41, 5.74) is 3.22. The van der Waals surface area contributed by atoms with Crippen molar-refractivity contribution in [2.24, 2.45) is 0 Å². The van der Waals surface area contributed by atoms with Gasteiger partial charge in [0.1, 0.15) is 0 Å². The van der Waals surface area contributed by atoms with E-state index in [2.05, 4.69) is 4.98 Å². The molecule has 108 valence electrons. The van der Waals surface area contributed by atoms with Crippen LogP contribution in [0, 0.1) is 0 Å². The van der Waals surface area contributed by atoms with E-state index < -0.39 is 10.0 Å². The molecule has 0 atom stereocenters. The molecule has 1 aromatic carbocycles. The lowest BCUT2D eigenvalue weighted by atomic mass is 10.1. The highest BCUT2D eigenvalue weighted by Gasteiger charge is 2.28. The van der Waals surface area contributed by atoms with Crippen molar-refractivity contribution in [3.63, 3.8) is 0 Å². The van der Waals surface area contributed by atoms with E-state index in [0.717, 1.165) is 28.6 Å². The van der Waals surface area contributed by atoms with Crippen LogP contribution >= 0.6 is 11.6 Å². The first-order valence-electron chi connectivity index (χ1n) is 6.78. The van der Waals surface area contributed by atoms with Crippen molar-refractivity contribution in [1.82, 2.24) is 9.29 Å². The molecule has 1 aliphatic rings. The second-order valence-corrected chi connectivity index (χ2v) is 7.70. The summed E-state index contributed by atoms with van der Waals surface area (Å²) in [5.74, 6) is 0.214. The highest BCUT2D eigenvalue weighted by molar-refractivity contribution is 7.89. The van der Waals surface area contributed by atoms with Gasteiger partial charge in [-0.25, -0.2) is 8.42 Å². The molecule has 3 rings (SSSR count). The first-order valence-corrected chi connectivity index (χ1v) is 8.77. The maximum absolute atomic E-state index is 12.2. The molecule has 1 N–H and O–H groups in total. The van der Waals surface area contributed by atoms with Gasteiger partial charge in [0.25, 0.3) is 0 Å². The Morgan fingerprint density at radius 3 is 2.95 bits per heavy atom. The lowest BCUT2D eigenvalue weighted by Gasteiger charge is -2.26. The van der Waals surface area contributed by atoms with Crippen molar-refractivity contribution in [3.05, 3.63) is 34.5 Å². The maximum Gasteiger partial charge on any atom is 0.214 e.